The van der Waals surface area contributed by atoms with Gasteiger partial charge in [0, 0.05) is 11.6 Å². The van der Waals surface area contributed by atoms with Crippen molar-refractivity contribution in [3.05, 3.63) is 42.5 Å². The summed E-state index contributed by atoms with van der Waals surface area (Å²) in [6.07, 6.45) is 0. The van der Waals surface area contributed by atoms with Crippen LogP contribution in [0.5, 0.6) is 11.8 Å². The maximum Gasteiger partial charge on any atom is 0.224 e. The summed E-state index contributed by atoms with van der Waals surface area (Å²) >= 11 is 0. The number of aromatic nitrogens is 1. The van der Waals surface area contributed by atoms with Crippen LogP contribution < -0.4 is 9.47 Å². The summed E-state index contributed by atoms with van der Waals surface area (Å²) in [4.78, 5) is 4.23. The molecule has 3 nitrogen and oxygen atoms in total. The number of hydrogen-bond acceptors (Lipinski definition) is 3. The molecular formula is C13H12NO2. The van der Waals surface area contributed by atoms with Gasteiger partial charge in [0.25, 0.3) is 0 Å². The number of pyridine rings is 1. The van der Waals surface area contributed by atoms with Crippen molar-refractivity contribution in [2.75, 3.05) is 14.2 Å². The summed E-state index contributed by atoms with van der Waals surface area (Å²) in [5.74, 6) is 1.11. The van der Waals surface area contributed by atoms with Crippen molar-refractivity contribution in [3.8, 4) is 22.9 Å². The van der Waals surface area contributed by atoms with E-state index < -0.39 is 0 Å². The van der Waals surface area contributed by atoms with Crippen LogP contribution >= 0.6 is 0 Å². The predicted molar refractivity (Wildman–Crippen MR) is 61.6 cm³/mol. The van der Waals surface area contributed by atoms with Crippen LogP contribution in [0.1, 0.15) is 0 Å². The standard InChI is InChI=1S/C13H12NO2/c1-15-12-9-8-11(13(14-12)16-2)10-6-4-3-5-7-10/h4-9H,1-2H3. The molecule has 1 heterocycles. The molecule has 0 N–H and O–H groups in total. The van der Waals surface area contributed by atoms with Crippen LogP contribution in [-0.2, 0) is 0 Å². The fourth-order valence-electron chi connectivity index (χ4n) is 1.48. The first-order chi connectivity index (χ1) is 7.85. The Balaban J connectivity index is 2.49. The van der Waals surface area contributed by atoms with E-state index in [1.807, 2.05) is 36.4 Å². The minimum Gasteiger partial charge on any atom is -0.481 e. The number of nitrogens with zero attached hydrogens (tertiary/aromatic N) is 1. The van der Waals surface area contributed by atoms with E-state index in [0.29, 0.717) is 11.8 Å². The van der Waals surface area contributed by atoms with Crippen LogP contribution in [-0.4, -0.2) is 19.2 Å². The van der Waals surface area contributed by atoms with E-state index in [-0.39, 0.29) is 0 Å². The average Bonchev–Trinajstić information content (AvgIpc) is 2.39. The van der Waals surface area contributed by atoms with Gasteiger partial charge in [-0.25, -0.2) is 0 Å². The third kappa shape index (κ3) is 1.98. The third-order valence-corrected chi connectivity index (χ3v) is 2.27. The van der Waals surface area contributed by atoms with Gasteiger partial charge >= 0.3 is 0 Å². The number of ether oxygens (including phenoxy) is 2. The summed E-state index contributed by atoms with van der Waals surface area (Å²) in [5, 5.41) is 0. The normalized spacial score (nSPS) is 9.88. The first kappa shape index (κ1) is 10.5. The highest BCUT2D eigenvalue weighted by Crippen LogP contribution is 2.29. The van der Waals surface area contributed by atoms with Crippen molar-refractivity contribution in [2.24, 2.45) is 0 Å². The van der Waals surface area contributed by atoms with Crippen LogP contribution in [0.25, 0.3) is 11.1 Å². The Hall–Kier alpha value is -2.03. The summed E-state index contributed by atoms with van der Waals surface area (Å²) in [6, 6.07) is 14.4. The Morgan fingerprint density at radius 2 is 1.75 bits per heavy atom. The highest BCUT2D eigenvalue weighted by atomic mass is 16.5. The van der Waals surface area contributed by atoms with Crippen molar-refractivity contribution < 1.29 is 9.47 Å². The van der Waals surface area contributed by atoms with Gasteiger partial charge in [0.05, 0.1) is 14.2 Å². The lowest BCUT2D eigenvalue weighted by Crippen LogP contribution is -1.94. The van der Waals surface area contributed by atoms with Gasteiger partial charge in [-0.3, -0.25) is 0 Å². The smallest absolute Gasteiger partial charge is 0.224 e. The van der Waals surface area contributed by atoms with Gasteiger partial charge in [0.1, 0.15) is 0 Å². The second-order valence-corrected chi connectivity index (χ2v) is 3.20. The Bertz CT molecular complexity index is 469. The zero-order valence-corrected chi connectivity index (χ0v) is 9.23. The van der Waals surface area contributed by atoms with Gasteiger partial charge in [0.2, 0.25) is 11.8 Å². The largest absolute Gasteiger partial charge is 0.481 e. The lowest BCUT2D eigenvalue weighted by atomic mass is 10.1. The molecule has 1 aromatic carbocycles. The van der Waals surface area contributed by atoms with Crippen LogP contribution in [0.4, 0.5) is 0 Å². The van der Waals surface area contributed by atoms with Crippen LogP contribution in [0, 0.1) is 6.07 Å². The summed E-state index contributed by atoms with van der Waals surface area (Å²) in [5.41, 5.74) is 1.99. The Kier molecular flexibility index (Phi) is 3.05. The van der Waals surface area contributed by atoms with E-state index in [2.05, 4.69) is 11.1 Å². The third-order valence-electron chi connectivity index (χ3n) is 2.27. The molecule has 81 valence electrons. The fraction of sp³-hybridized carbons (Fsp3) is 0.154. The van der Waals surface area contributed by atoms with Gasteiger partial charge in [-0.15, -0.1) is 0 Å². The van der Waals surface area contributed by atoms with Crippen molar-refractivity contribution >= 4 is 0 Å². The fourth-order valence-corrected chi connectivity index (χ4v) is 1.48. The minimum absolute atomic E-state index is 0.545. The zero-order valence-electron chi connectivity index (χ0n) is 9.23. The maximum atomic E-state index is 5.24. The zero-order chi connectivity index (χ0) is 11.4. The molecule has 0 amide bonds. The molecule has 2 aromatic rings. The van der Waals surface area contributed by atoms with E-state index in [4.69, 9.17) is 9.47 Å². The summed E-state index contributed by atoms with van der Waals surface area (Å²) in [6.45, 7) is 0. The molecule has 0 aliphatic carbocycles. The van der Waals surface area contributed by atoms with Crippen molar-refractivity contribution in [3.63, 3.8) is 0 Å². The minimum atomic E-state index is 0.545. The molecule has 0 saturated heterocycles. The van der Waals surface area contributed by atoms with Crippen molar-refractivity contribution in [1.29, 1.82) is 0 Å². The first-order valence-electron chi connectivity index (χ1n) is 4.90. The quantitative estimate of drug-likeness (QED) is 0.786. The Morgan fingerprint density at radius 1 is 1.00 bits per heavy atom. The average molecular weight is 214 g/mol. The highest BCUT2D eigenvalue weighted by molar-refractivity contribution is 5.68. The van der Waals surface area contributed by atoms with Crippen molar-refractivity contribution in [1.82, 2.24) is 4.98 Å². The van der Waals surface area contributed by atoms with E-state index >= 15 is 0 Å². The molecule has 0 unspecified atom stereocenters. The van der Waals surface area contributed by atoms with E-state index in [1.165, 1.54) is 0 Å². The number of methoxy groups -OCH3 is 2. The molecule has 2 rings (SSSR count). The summed E-state index contributed by atoms with van der Waals surface area (Å²) < 4.78 is 10.3. The molecule has 0 spiro atoms. The number of rotatable bonds is 3. The van der Waals surface area contributed by atoms with Crippen LogP contribution in [0.2, 0.25) is 0 Å². The molecule has 0 atom stereocenters. The number of hydrogen-bond donors (Lipinski definition) is 0. The van der Waals surface area contributed by atoms with Gasteiger partial charge < -0.3 is 9.47 Å². The van der Waals surface area contributed by atoms with Crippen LogP contribution in [0.15, 0.2) is 36.4 Å². The lowest BCUT2D eigenvalue weighted by Gasteiger charge is -2.08. The molecule has 0 aliphatic rings. The first-order valence-corrected chi connectivity index (χ1v) is 4.90. The topological polar surface area (TPSA) is 31.4 Å². The van der Waals surface area contributed by atoms with Crippen LogP contribution in [0.3, 0.4) is 0 Å². The van der Waals surface area contributed by atoms with Gasteiger partial charge in [-0.1, -0.05) is 24.3 Å². The molecule has 0 fully saturated rings. The van der Waals surface area contributed by atoms with E-state index in [9.17, 15) is 0 Å². The monoisotopic (exact) mass is 214 g/mol. The number of benzene rings is 1. The Morgan fingerprint density at radius 3 is 2.38 bits per heavy atom. The molecule has 0 aliphatic heterocycles. The van der Waals surface area contributed by atoms with Gasteiger partial charge in [-0.2, -0.15) is 4.98 Å². The van der Waals surface area contributed by atoms with E-state index in [0.717, 1.165) is 11.1 Å². The second kappa shape index (κ2) is 4.66. The molecule has 16 heavy (non-hydrogen) atoms. The molecule has 3 heteroatoms. The second-order valence-electron chi connectivity index (χ2n) is 3.20. The van der Waals surface area contributed by atoms with E-state index in [1.54, 1.807) is 14.2 Å². The molecule has 0 saturated carbocycles. The van der Waals surface area contributed by atoms with Gasteiger partial charge in [0.15, 0.2) is 0 Å². The Labute approximate surface area is 94.7 Å². The predicted octanol–water partition coefficient (Wildman–Crippen LogP) is 2.57. The molecule has 1 radical (unpaired) electrons. The maximum absolute atomic E-state index is 5.24. The summed E-state index contributed by atoms with van der Waals surface area (Å²) in [7, 11) is 3.18. The lowest BCUT2D eigenvalue weighted by molar-refractivity contribution is 0.366. The molecule has 1 aromatic heterocycles. The van der Waals surface area contributed by atoms with Gasteiger partial charge in [-0.05, 0) is 17.7 Å². The molecular weight excluding hydrogens is 202 g/mol. The SMILES string of the molecule is COc1ccc(-c2cc[c]cc2)c(OC)n1. The van der Waals surface area contributed by atoms with Crippen molar-refractivity contribution in [2.45, 2.75) is 0 Å². The highest BCUT2D eigenvalue weighted by Gasteiger charge is 2.08. The molecule has 0 bridgehead atoms.